The normalized spacial score (nSPS) is 17.2. The summed E-state index contributed by atoms with van der Waals surface area (Å²) in [5, 5.41) is 11.5. The highest BCUT2D eigenvalue weighted by Gasteiger charge is 2.34. The summed E-state index contributed by atoms with van der Waals surface area (Å²) in [7, 11) is 3.11. The van der Waals surface area contributed by atoms with Crippen LogP contribution in [0.3, 0.4) is 0 Å². The van der Waals surface area contributed by atoms with Crippen molar-refractivity contribution in [2.75, 3.05) is 20.7 Å². The molecule has 0 aliphatic carbocycles. The number of carbonyl (C=O) groups is 1. The van der Waals surface area contributed by atoms with Crippen LogP contribution in [0.25, 0.3) is 11.6 Å². The quantitative estimate of drug-likeness (QED) is 0.245. The van der Waals surface area contributed by atoms with Gasteiger partial charge in [0.15, 0.2) is 0 Å². The molecule has 4 aromatic rings. The van der Waals surface area contributed by atoms with Crippen molar-refractivity contribution in [1.29, 1.82) is 0 Å². The van der Waals surface area contributed by atoms with E-state index in [0.717, 1.165) is 35.5 Å². The maximum atomic E-state index is 13.9. The smallest absolute Gasteiger partial charge is 0.266 e. The molecule has 1 amide bonds. The maximum Gasteiger partial charge on any atom is 0.266 e. The van der Waals surface area contributed by atoms with Gasteiger partial charge in [-0.2, -0.15) is 0 Å². The SMILES string of the molecule is CCc1csc(C2CCCN2C(=O)c2cc(/C(=N/C)OC)nc(-c3nnc(C(C)(N)Cc4ccccc4)o3)c2)n1. The van der Waals surface area contributed by atoms with Crippen molar-refractivity contribution in [2.45, 2.75) is 51.1 Å². The molecule has 0 saturated carbocycles. The van der Waals surface area contributed by atoms with E-state index in [-0.39, 0.29) is 29.6 Å². The van der Waals surface area contributed by atoms with Gasteiger partial charge >= 0.3 is 0 Å². The zero-order chi connectivity index (χ0) is 28.3. The van der Waals surface area contributed by atoms with E-state index < -0.39 is 5.54 Å². The number of hydrogen-bond donors (Lipinski definition) is 1. The molecule has 208 valence electrons. The van der Waals surface area contributed by atoms with Crippen LogP contribution in [0, 0.1) is 0 Å². The molecule has 5 rings (SSSR count). The Morgan fingerprint density at radius 3 is 2.75 bits per heavy atom. The number of ether oxygens (including phenoxy) is 1. The standard InChI is InChI=1S/C29H33N7O3S/c1-5-20-17-40-26(32-20)23-12-9-13-36(23)27(37)19-14-21(24(31-3)38-4)33-22(15-19)25-34-35-28(39-25)29(2,30)16-18-10-7-6-8-11-18/h6-8,10-11,14-15,17,23H,5,9,12-13,16,30H2,1-4H3/b31-24-. The van der Waals surface area contributed by atoms with Gasteiger partial charge in [-0.1, -0.05) is 37.3 Å². The lowest BCUT2D eigenvalue weighted by atomic mass is 9.94. The first-order valence-corrected chi connectivity index (χ1v) is 14.2. The molecule has 0 spiro atoms. The van der Waals surface area contributed by atoms with Crippen LogP contribution in [-0.4, -0.2) is 57.6 Å². The van der Waals surface area contributed by atoms with Gasteiger partial charge < -0.3 is 19.8 Å². The number of thiazole rings is 1. The summed E-state index contributed by atoms with van der Waals surface area (Å²) in [6.45, 7) is 4.57. The van der Waals surface area contributed by atoms with Gasteiger partial charge in [0.1, 0.15) is 16.4 Å². The minimum absolute atomic E-state index is 0.0643. The van der Waals surface area contributed by atoms with Crippen molar-refractivity contribution in [3.05, 3.63) is 81.3 Å². The molecule has 1 saturated heterocycles. The van der Waals surface area contributed by atoms with Crippen LogP contribution in [0.15, 0.2) is 57.3 Å². The fourth-order valence-electron chi connectivity index (χ4n) is 4.91. The summed E-state index contributed by atoms with van der Waals surface area (Å²) < 4.78 is 11.5. The topological polar surface area (TPSA) is 133 Å². The Labute approximate surface area is 237 Å². The van der Waals surface area contributed by atoms with Gasteiger partial charge in [0.2, 0.25) is 11.8 Å². The van der Waals surface area contributed by atoms with Gasteiger partial charge in [0.25, 0.3) is 11.8 Å². The minimum atomic E-state index is -0.904. The molecule has 10 nitrogen and oxygen atoms in total. The molecule has 0 bridgehead atoms. The van der Waals surface area contributed by atoms with Gasteiger partial charge in [-0.25, -0.2) is 9.97 Å². The Morgan fingerprint density at radius 2 is 2.05 bits per heavy atom. The largest absolute Gasteiger partial charge is 0.480 e. The Bertz CT molecular complexity index is 1510. The lowest BCUT2D eigenvalue weighted by molar-refractivity contribution is 0.0735. The van der Waals surface area contributed by atoms with Crippen LogP contribution < -0.4 is 5.73 Å². The molecule has 1 fully saturated rings. The fourth-order valence-corrected chi connectivity index (χ4v) is 5.96. The monoisotopic (exact) mass is 559 g/mol. The number of nitrogens with zero attached hydrogens (tertiary/aromatic N) is 6. The molecule has 0 radical (unpaired) electrons. The van der Waals surface area contributed by atoms with Crippen molar-refractivity contribution in [2.24, 2.45) is 10.7 Å². The molecule has 1 aliphatic rings. The number of nitrogens with two attached hydrogens (primary N) is 1. The van der Waals surface area contributed by atoms with Gasteiger partial charge in [0.05, 0.1) is 24.4 Å². The average Bonchev–Trinajstić information content (AvgIpc) is 3.74. The summed E-state index contributed by atoms with van der Waals surface area (Å²) in [4.78, 5) is 29.4. The molecule has 2 unspecified atom stereocenters. The van der Waals surface area contributed by atoms with Gasteiger partial charge in [-0.3, -0.25) is 9.79 Å². The second-order valence-electron chi connectivity index (χ2n) is 10.0. The third-order valence-corrected chi connectivity index (χ3v) is 7.96. The van der Waals surface area contributed by atoms with E-state index in [9.17, 15) is 4.79 Å². The minimum Gasteiger partial charge on any atom is -0.480 e. The molecule has 4 heterocycles. The van der Waals surface area contributed by atoms with E-state index in [2.05, 4.69) is 32.5 Å². The number of carbonyl (C=O) groups excluding carboxylic acids is 1. The number of amides is 1. The number of hydrogen-bond acceptors (Lipinski definition) is 10. The van der Waals surface area contributed by atoms with E-state index in [1.54, 1.807) is 30.5 Å². The fraction of sp³-hybridized carbons (Fsp3) is 0.379. The van der Waals surface area contributed by atoms with E-state index in [1.807, 2.05) is 42.2 Å². The number of aryl methyl sites for hydroxylation is 1. The van der Waals surface area contributed by atoms with Crippen LogP contribution in [-0.2, 0) is 23.1 Å². The van der Waals surface area contributed by atoms with Crippen molar-refractivity contribution in [3.63, 3.8) is 0 Å². The first kappa shape index (κ1) is 27.6. The predicted molar refractivity (Wildman–Crippen MR) is 153 cm³/mol. The first-order chi connectivity index (χ1) is 19.3. The highest BCUT2D eigenvalue weighted by Crippen LogP contribution is 2.35. The number of benzene rings is 1. The van der Waals surface area contributed by atoms with Crippen LogP contribution in [0.5, 0.6) is 0 Å². The van der Waals surface area contributed by atoms with Crippen molar-refractivity contribution < 1.29 is 13.9 Å². The number of pyridine rings is 1. The number of aromatic nitrogens is 4. The predicted octanol–water partition coefficient (Wildman–Crippen LogP) is 4.57. The third kappa shape index (κ3) is 5.66. The molecule has 40 heavy (non-hydrogen) atoms. The summed E-state index contributed by atoms with van der Waals surface area (Å²) in [5.74, 6) is 0.596. The van der Waals surface area contributed by atoms with Crippen LogP contribution in [0.4, 0.5) is 0 Å². The van der Waals surface area contributed by atoms with E-state index in [0.29, 0.717) is 29.9 Å². The Morgan fingerprint density at radius 1 is 1.25 bits per heavy atom. The lowest BCUT2D eigenvalue weighted by Gasteiger charge is -2.23. The molecule has 2 N–H and O–H groups in total. The maximum absolute atomic E-state index is 13.9. The highest BCUT2D eigenvalue weighted by molar-refractivity contribution is 7.09. The second-order valence-corrected chi connectivity index (χ2v) is 10.9. The number of rotatable bonds is 8. The Kier molecular flexibility index (Phi) is 8.04. The molecular formula is C29H33N7O3S. The molecule has 1 aromatic carbocycles. The van der Waals surface area contributed by atoms with Gasteiger partial charge in [-0.05, 0) is 50.3 Å². The van der Waals surface area contributed by atoms with Crippen molar-refractivity contribution >= 4 is 23.1 Å². The van der Waals surface area contributed by atoms with Crippen LogP contribution >= 0.6 is 11.3 Å². The van der Waals surface area contributed by atoms with Crippen LogP contribution in [0.1, 0.15) is 70.9 Å². The highest BCUT2D eigenvalue weighted by atomic mass is 32.1. The first-order valence-electron chi connectivity index (χ1n) is 13.3. The molecule has 1 aliphatic heterocycles. The lowest BCUT2D eigenvalue weighted by Crippen LogP contribution is -2.35. The van der Waals surface area contributed by atoms with Crippen molar-refractivity contribution in [1.82, 2.24) is 25.1 Å². The zero-order valence-corrected chi connectivity index (χ0v) is 23.9. The van der Waals surface area contributed by atoms with E-state index in [4.69, 9.17) is 19.9 Å². The number of likely N-dealkylation sites (tertiary alicyclic amines) is 1. The Hall–Kier alpha value is -3.96. The van der Waals surface area contributed by atoms with E-state index in [1.165, 1.54) is 7.11 Å². The third-order valence-electron chi connectivity index (χ3n) is 6.97. The Balaban J connectivity index is 1.49. The molecule has 3 aromatic heterocycles. The van der Waals surface area contributed by atoms with Gasteiger partial charge in [0, 0.05) is 24.5 Å². The summed E-state index contributed by atoms with van der Waals surface area (Å²) in [6, 6.07) is 13.2. The van der Waals surface area contributed by atoms with Gasteiger partial charge in [-0.15, -0.1) is 21.5 Å². The average molecular weight is 560 g/mol. The van der Waals surface area contributed by atoms with E-state index >= 15 is 0 Å². The molecular weight excluding hydrogens is 526 g/mol. The number of methoxy groups -OCH3 is 1. The molecule has 11 heteroatoms. The summed E-state index contributed by atoms with van der Waals surface area (Å²) in [6.07, 6.45) is 3.15. The zero-order valence-electron chi connectivity index (χ0n) is 23.1. The van der Waals surface area contributed by atoms with Crippen LogP contribution in [0.2, 0.25) is 0 Å². The van der Waals surface area contributed by atoms with Crippen molar-refractivity contribution in [3.8, 4) is 11.6 Å². The second kappa shape index (κ2) is 11.6. The summed E-state index contributed by atoms with van der Waals surface area (Å²) >= 11 is 1.61. The summed E-state index contributed by atoms with van der Waals surface area (Å²) in [5.41, 5.74) is 8.96. The number of aliphatic imine (C=N–C) groups is 1. The molecule has 2 atom stereocenters.